The third-order valence-electron chi connectivity index (χ3n) is 3.66. The van der Waals surface area contributed by atoms with Crippen molar-refractivity contribution in [2.45, 2.75) is 66.0 Å². The molecule has 0 saturated carbocycles. The van der Waals surface area contributed by atoms with E-state index in [0.29, 0.717) is 13.1 Å². The molecule has 154 valence electrons. The first-order valence-electron chi connectivity index (χ1n) is 9.78. The van der Waals surface area contributed by atoms with Gasteiger partial charge in [0.1, 0.15) is 11.4 Å². The number of unbranched alkanes of at least 4 members (excludes halogenated alkanes) is 1. The lowest BCUT2D eigenvalue weighted by Crippen LogP contribution is -2.38. The van der Waals surface area contributed by atoms with Crippen LogP contribution in [0.3, 0.4) is 0 Å². The Kier molecular flexibility index (Phi) is 10.3. The molecule has 0 aliphatic carbocycles. The summed E-state index contributed by atoms with van der Waals surface area (Å²) in [5, 5.41) is 9.33. The average Bonchev–Trinajstić information content (AvgIpc) is 2.97. The van der Waals surface area contributed by atoms with Crippen molar-refractivity contribution in [1.82, 2.24) is 25.5 Å². The third kappa shape index (κ3) is 11.1. The standard InChI is InChI=1S/C19H36N6O2/c1-6-20-17(22-10-7-8-14-25-15-13-21-16(25)2)23-11-9-12-24-18(26)27-19(3,4)5/h13,15H,6-12,14H2,1-5H3,(H,24,26)(H2,20,22,23). The Bertz CT molecular complexity index is 577. The fraction of sp³-hybridized carbons (Fsp3) is 0.737. The highest BCUT2D eigenvalue weighted by molar-refractivity contribution is 5.79. The number of imidazole rings is 1. The van der Waals surface area contributed by atoms with Gasteiger partial charge in [0.05, 0.1) is 0 Å². The molecule has 0 fully saturated rings. The van der Waals surface area contributed by atoms with Crippen molar-refractivity contribution in [1.29, 1.82) is 0 Å². The quantitative estimate of drug-likeness (QED) is 0.329. The zero-order valence-corrected chi connectivity index (χ0v) is 17.5. The van der Waals surface area contributed by atoms with E-state index < -0.39 is 5.60 Å². The first kappa shape index (κ1) is 22.8. The minimum absolute atomic E-state index is 0.385. The molecule has 0 atom stereocenters. The van der Waals surface area contributed by atoms with Crippen LogP contribution in [-0.2, 0) is 11.3 Å². The molecule has 1 heterocycles. The molecule has 0 saturated heterocycles. The van der Waals surface area contributed by atoms with Crippen molar-refractivity contribution in [3.63, 3.8) is 0 Å². The summed E-state index contributed by atoms with van der Waals surface area (Å²) in [5.41, 5.74) is -0.471. The van der Waals surface area contributed by atoms with Crippen molar-refractivity contribution in [2.24, 2.45) is 4.99 Å². The molecule has 0 spiro atoms. The zero-order valence-electron chi connectivity index (χ0n) is 17.5. The Morgan fingerprint density at radius 2 is 1.93 bits per heavy atom. The third-order valence-corrected chi connectivity index (χ3v) is 3.66. The van der Waals surface area contributed by atoms with Gasteiger partial charge >= 0.3 is 6.09 Å². The molecule has 1 aromatic heterocycles. The van der Waals surface area contributed by atoms with Crippen LogP contribution in [0.5, 0.6) is 0 Å². The SMILES string of the molecule is CCNC(=NCCCNC(=O)OC(C)(C)C)NCCCCn1ccnc1C. The molecule has 1 amide bonds. The van der Waals surface area contributed by atoms with Crippen LogP contribution in [0.4, 0.5) is 4.79 Å². The van der Waals surface area contributed by atoms with E-state index in [1.165, 1.54) is 0 Å². The van der Waals surface area contributed by atoms with E-state index in [1.807, 2.05) is 47.0 Å². The lowest BCUT2D eigenvalue weighted by Gasteiger charge is -2.19. The van der Waals surface area contributed by atoms with Crippen molar-refractivity contribution < 1.29 is 9.53 Å². The summed E-state index contributed by atoms with van der Waals surface area (Å²) in [6, 6.07) is 0. The van der Waals surface area contributed by atoms with Crippen molar-refractivity contribution >= 4 is 12.1 Å². The number of nitrogens with one attached hydrogen (secondary N) is 3. The minimum atomic E-state index is -0.471. The second kappa shape index (κ2) is 12.2. The van der Waals surface area contributed by atoms with Gasteiger partial charge in [-0.3, -0.25) is 4.99 Å². The molecule has 0 aliphatic heterocycles. The number of carbonyl (C=O) groups excluding carboxylic acids is 1. The molecule has 0 bridgehead atoms. The van der Waals surface area contributed by atoms with Crippen LogP contribution in [0.15, 0.2) is 17.4 Å². The van der Waals surface area contributed by atoms with Crippen molar-refractivity contribution in [2.75, 3.05) is 26.2 Å². The van der Waals surface area contributed by atoms with Gasteiger partial charge in [-0.2, -0.15) is 0 Å². The summed E-state index contributed by atoms with van der Waals surface area (Å²) >= 11 is 0. The maximum absolute atomic E-state index is 11.6. The summed E-state index contributed by atoms with van der Waals surface area (Å²) in [4.78, 5) is 20.3. The molecule has 1 aromatic rings. The average molecular weight is 381 g/mol. The fourth-order valence-corrected chi connectivity index (χ4v) is 2.37. The van der Waals surface area contributed by atoms with Crippen LogP contribution in [-0.4, -0.2) is 53.4 Å². The molecule has 0 aliphatic rings. The van der Waals surface area contributed by atoms with E-state index >= 15 is 0 Å². The maximum atomic E-state index is 11.6. The predicted octanol–water partition coefficient (Wildman–Crippen LogP) is 2.44. The molecule has 0 aromatic carbocycles. The van der Waals surface area contributed by atoms with Gasteiger partial charge in [0.2, 0.25) is 0 Å². The van der Waals surface area contributed by atoms with Crippen LogP contribution >= 0.6 is 0 Å². The van der Waals surface area contributed by atoms with E-state index in [0.717, 1.165) is 50.7 Å². The number of aromatic nitrogens is 2. The highest BCUT2D eigenvalue weighted by atomic mass is 16.6. The summed E-state index contributed by atoms with van der Waals surface area (Å²) in [6.07, 6.45) is 6.37. The topological polar surface area (TPSA) is 92.6 Å². The summed E-state index contributed by atoms with van der Waals surface area (Å²) in [6.45, 7) is 13.5. The van der Waals surface area contributed by atoms with Crippen LogP contribution in [0.2, 0.25) is 0 Å². The number of aryl methyl sites for hydroxylation is 2. The fourth-order valence-electron chi connectivity index (χ4n) is 2.37. The normalized spacial score (nSPS) is 12.0. The smallest absolute Gasteiger partial charge is 0.407 e. The minimum Gasteiger partial charge on any atom is -0.444 e. The monoisotopic (exact) mass is 380 g/mol. The van der Waals surface area contributed by atoms with Crippen LogP contribution in [0, 0.1) is 6.92 Å². The maximum Gasteiger partial charge on any atom is 0.407 e. The molecule has 0 radical (unpaired) electrons. The number of aliphatic imine (C=N–C) groups is 1. The van der Waals surface area contributed by atoms with E-state index in [9.17, 15) is 4.79 Å². The second-order valence-corrected chi connectivity index (χ2v) is 7.34. The van der Waals surface area contributed by atoms with Crippen LogP contribution < -0.4 is 16.0 Å². The van der Waals surface area contributed by atoms with Crippen LogP contribution in [0.1, 0.15) is 52.8 Å². The lowest BCUT2D eigenvalue weighted by atomic mass is 10.2. The molecular weight excluding hydrogens is 344 g/mol. The Labute approximate surface area is 163 Å². The lowest BCUT2D eigenvalue weighted by molar-refractivity contribution is 0.0527. The number of nitrogens with zero attached hydrogens (tertiary/aromatic N) is 3. The summed E-state index contributed by atoms with van der Waals surface area (Å²) in [7, 11) is 0. The Morgan fingerprint density at radius 3 is 2.56 bits per heavy atom. The van der Waals surface area contributed by atoms with Crippen LogP contribution in [0.25, 0.3) is 0 Å². The molecule has 8 nitrogen and oxygen atoms in total. The molecule has 3 N–H and O–H groups in total. The largest absolute Gasteiger partial charge is 0.444 e. The van der Waals surface area contributed by atoms with Crippen molar-refractivity contribution in [3.8, 4) is 0 Å². The number of hydrogen-bond acceptors (Lipinski definition) is 4. The molecular formula is C19H36N6O2. The molecule has 8 heteroatoms. The Hall–Kier alpha value is -2.25. The van der Waals surface area contributed by atoms with E-state index in [-0.39, 0.29) is 6.09 Å². The summed E-state index contributed by atoms with van der Waals surface area (Å²) in [5.74, 6) is 1.87. The van der Waals surface area contributed by atoms with Gasteiger partial charge in [0, 0.05) is 45.1 Å². The van der Waals surface area contributed by atoms with E-state index in [4.69, 9.17) is 4.74 Å². The first-order chi connectivity index (χ1) is 12.8. The van der Waals surface area contributed by atoms with E-state index in [1.54, 1.807) is 0 Å². The highest BCUT2D eigenvalue weighted by Gasteiger charge is 2.15. The summed E-state index contributed by atoms with van der Waals surface area (Å²) < 4.78 is 7.36. The number of rotatable bonds is 10. The van der Waals surface area contributed by atoms with E-state index in [2.05, 4.69) is 30.5 Å². The number of alkyl carbamates (subject to hydrolysis) is 1. The number of hydrogen-bond donors (Lipinski definition) is 3. The van der Waals surface area contributed by atoms with Gasteiger partial charge in [-0.15, -0.1) is 0 Å². The Balaban J connectivity index is 2.17. The molecule has 27 heavy (non-hydrogen) atoms. The van der Waals surface area contributed by atoms with Gasteiger partial charge in [-0.25, -0.2) is 9.78 Å². The second-order valence-electron chi connectivity index (χ2n) is 7.34. The Morgan fingerprint density at radius 1 is 1.19 bits per heavy atom. The zero-order chi connectivity index (χ0) is 20.1. The molecule has 0 unspecified atom stereocenters. The van der Waals surface area contributed by atoms with Gasteiger partial charge in [-0.1, -0.05) is 0 Å². The van der Waals surface area contributed by atoms with Gasteiger partial charge in [0.15, 0.2) is 5.96 Å². The predicted molar refractivity (Wildman–Crippen MR) is 109 cm³/mol. The van der Waals surface area contributed by atoms with Gasteiger partial charge < -0.3 is 25.3 Å². The van der Waals surface area contributed by atoms with Gasteiger partial charge in [0.25, 0.3) is 0 Å². The highest BCUT2D eigenvalue weighted by Crippen LogP contribution is 2.06. The van der Waals surface area contributed by atoms with Gasteiger partial charge in [-0.05, 0) is 53.9 Å². The number of ether oxygens (including phenoxy) is 1. The first-order valence-corrected chi connectivity index (χ1v) is 9.78. The number of carbonyl (C=O) groups is 1. The molecule has 1 rings (SSSR count). The number of amides is 1. The van der Waals surface area contributed by atoms with Crippen molar-refractivity contribution in [3.05, 3.63) is 18.2 Å². The number of guanidine groups is 1.